The highest BCUT2D eigenvalue weighted by molar-refractivity contribution is 5.82. The van der Waals surface area contributed by atoms with E-state index in [2.05, 4.69) is 0 Å². The monoisotopic (exact) mass is 344 g/mol. The van der Waals surface area contributed by atoms with Crippen LogP contribution in [0.2, 0.25) is 0 Å². The first kappa shape index (κ1) is 18.3. The van der Waals surface area contributed by atoms with E-state index in [1.807, 2.05) is 6.92 Å². The molecule has 0 atom stereocenters. The summed E-state index contributed by atoms with van der Waals surface area (Å²) in [7, 11) is 2.98. The van der Waals surface area contributed by atoms with Crippen LogP contribution in [0.1, 0.15) is 34.1 Å². The summed E-state index contributed by atoms with van der Waals surface area (Å²) < 4.78 is 22.2. The second-order valence-corrected chi connectivity index (χ2v) is 5.07. The molecule has 0 saturated carbocycles. The standard InChI is InChI=1S/C19H20O6/c1-4-17(24-18-13(11-20)7-5-9-15(18)22-2)25-19-14(12-21)8-6-10-16(19)23-3/h5-12,17H,4H2,1-3H3. The zero-order valence-electron chi connectivity index (χ0n) is 14.4. The number of carbonyl (C=O) groups excluding carboxylic acids is 2. The van der Waals surface area contributed by atoms with Gasteiger partial charge in [-0.3, -0.25) is 9.59 Å². The largest absolute Gasteiger partial charge is 0.493 e. The Morgan fingerprint density at radius 3 is 1.60 bits per heavy atom. The summed E-state index contributed by atoms with van der Waals surface area (Å²) in [6.07, 6.45) is 1.09. The van der Waals surface area contributed by atoms with Crippen LogP contribution >= 0.6 is 0 Å². The summed E-state index contributed by atoms with van der Waals surface area (Å²) in [4.78, 5) is 22.6. The van der Waals surface area contributed by atoms with Gasteiger partial charge >= 0.3 is 0 Å². The molecule has 0 saturated heterocycles. The SMILES string of the molecule is CCC(Oc1c(C=O)cccc1OC)Oc1c(C=O)cccc1OC. The van der Waals surface area contributed by atoms with E-state index >= 15 is 0 Å². The van der Waals surface area contributed by atoms with Gasteiger partial charge in [-0.25, -0.2) is 0 Å². The van der Waals surface area contributed by atoms with E-state index in [4.69, 9.17) is 18.9 Å². The van der Waals surface area contributed by atoms with Crippen LogP contribution in [0.4, 0.5) is 0 Å². The molecule has 132 valence electrons. The van der Waals surface area contributed by atoms with E-state index in [1.165, 1.54) is 14.2 Å². The molecular weight excluding hydrogens is 324 g/mol. The fraction of sp³-hybridized carbons (Fsp3) is 0.263. The Labute approximate surface area is 146 Å². The molecule has 0 aliphatic carbocycles. The van der Waals surface area contributed by atoms with Gasteiger partial charge in [0.15, 0.2) is 35.6 Å². The number of benzene rings is 2. The van der Waals surface area contributed by atoms with Crippen LogP contribution in [0.5, 0.6) is 23.0 Å². The summed E-state index contributed by atoms with van der Waals surface area (Å²) in [5.41, 5.74) is 0.689. The van der Waals surface area contributed by atoms with Crippen molar-refractivity contribution in [2.45, 2.75) is 19.6 Å². The molecule has 0 bridgehead atoms. The Balaban J connectivity index is 2.34. The molecule has 2 aromatic rings. The highest BCUT2D eigenvalue weighted by Crippen LogP contribution is 2.34. The van der Waals surface area contributed by atoms with E-state index in [0.29, 0.717) is 41.6 Å². The van der Waals surface area contributed by atoms with Gasteiger partial charge in [-0.05, 0) is 24.3 Å². The average molecular weight is 344 g/mol. The lowest BCUT2D eigenvalue weighted by molar-refractivity contribution is -0.000936. The number of hydrogen-bond acceptors (Lipinski definition) is 6. The van der Waals surface area contributed by atoms with Gasteiger partial charge in [0.25, 0.3) is 0 Å². The van der Waals surface area contributed by atoms with Gasteiger partial charge in [0.2, 0.25) is 6.29 Å². The number of para-hydroxylation sites is 2. The Morgan fingerprint density at radius 2 is 1.28 bits per heavy atom. The van der Waals surface area contributed by atoms with Crippen molar-refractivity contribution < 1.29 is 28.5 Å². The van der Waals surface area contributed by atoms with Gasteiger partial charge in [0.1, 0.15) is 0 Å². The van der Waals surface area contributed by atoms with Gasteiger partial charge < -0.3 is 18.9 Å². The van der Waals surface area contributed by atoms with Gasteiger partial charge in [-0.1, -0.05) is 19.1 Å². The van der Waals surface area contributed by atoms with Crippen molar-refractivity contribution in [1.82, 2.24) is 0 Å². The summed E-state index contributed by atoms with van der Waals surface area (Å²) >= 11 is 0. The molecule has 0 spiro atoms. The first-order chi connectivity index (χ1) is 12.2. The van der Waals surface area contributed by atoms with Crippen molar-refractivity contribution >= 4 is 12.6 Å². The Bertz CT molecular complexity index is 679. The zero-order valence-corrected chi connectivity index (χ0v) is 14.4. The van der Waals surface area contributed by atoms with Crippen molar-refractivity contribution in [1.29, 1.82) is 0 Å². The second kappa shape index (κ2) is 8.73. The van der Waals surface area contributed by atoms with Crippen LogP contribution in [0, 0.1) is 0 Å². The summed E-state index contributed by atoms with van der Waals surface area (Å²) in [5, 5.41) is 0. The quantitative estimate of drug-likeness (QED) is 0.512. The lowest BCUT2D eigenvalue weighted by atomic mass is 10.2. The molecule has 0 heterocycles. The van der Waals surface area contributed by atoms with Gasteiger partial charge in [-0.2, -0.15) is 0 Å². The Morgan fingerprint density at radius 1 is 0.840 bits per heavy atom. The van der Waals surface area contributed by atoms with Crippen molar-refractivity contribution in [2.75, 3.05) is 14.2 Å². The molecule has 0 amide bonds. The Hall–Kier alpha value is -3.02. The maximum atomic E-state index is 11.3. The topological polar surface area (TPSA) is 71.1 Å². The van der Waals surface area contributed by atoms with E-state index in [1.54, 1.807) is 36.4 Å². The average Bonchev–Trinajstić information content (AvgIpc) is 2.67. The lowest BCUT2D eigenvalue weighted by Gasteiger charge is -2.23. The third kappa shape index (κ3) is 4.09. The molecule has 0 aromatic heterocycles. The summed E-state index contributed by atoms with van der Waals surface area (Å²) in [5.74, 6) is 1.41. The normalized spacial score (nSPS) is 10.2. The number of ether oxygens (including phenoxy) is 4. The van der Waals surface area contributed by atoms with Crippen LogP contribution in [0.3, 0.4) is 0 Å². The van der Waals surface area contributed by atoms with Gasteiger partial charge in [0, 0.05) is 6.42 Å². The molecule has 0 fully saturated rings. The molecule has 0 unspecified atom stereocenters. The van der Waals surface area contributed by atoms with E-state index < -0.39 is 6.29 Å². The van der Waals surface area contributed by atoms with Crippen LogP contribution in [-0.4, -0.2) is 33.1 Å². The van der Waals surface area contributed by atoms with Crippen molar-refractivity contribution in [3.8, 4) is 23.0 Å². The van der Waals surface area contributed by atoms with Crippen LogP contribution in [0.25, 0.3) is 0 Å². The maximum absolute atomic E-state index is 11.3. The highest BCUT2D eigenvalue weighted by atomic mass is 16.7. The number of carbonyl (C=O) groups is 2. The number of aldehydes is 2. The van der Waals surface area contributed by atoms with Crippen molar-refractivity contribution in [2.24, 2.45) is 0 Å². The third-order valence-electron chi connectivity index (χ3n) is 3.54. The van der Waals surface area contributed by atoms with E-state index in [0.717, 1.165) is 0 Å². The smallest absolute Gasteiger partial charge is 0.241 e. The van der Waals surface area contributed by atoms with Crippen molar-refractivity contribution in [3.63, 3.8) is 0 Å². The second-order valence-electron chi connectivity index (χ2n) is 5.07. The zero-order chi connectivity index (χ0) is 18.2. The molecule has 6 nitrogen and oxygen atoms in total. The molecule has 0 aliphatic heterocycles. The summed E-state index contributed by atoms with van der Waals surface area (Å²) in [6.45, 7) is 1.86. The van der Waals surface area contributed by atoms with E-state index in [-0.39, 0.29) is 11.5 Å². The molecular formula is C19H20O6. The minimum Gasteiger partial charge on any atom is -0.493 e. The fourth-order valence-electron chi connectivity index (χ4n) is 2.28. The van der Waals surface area contributed by atoms with Crippen LogP contribution in [-0.2, 0) is 0 Å². The number of methoxy groups -OCH3 is 2. The first-order valence-corrected chi connectivity index (χ1v) is 7.76. The molecule has 25 heavy (non-hydrogen) atoms. The minimum absolute atomic E-state index is 0.286. The molecule has 0 radical (unpaired) electrons. The lowest BCUT2D eigenvalue weighted by Crippen LogP contribution is -2.24. The Kier molecular flexibility index (Phi) is 6.39. The third-order valence-corrected chi connectivity index (χ3v) is 3.54. The number of rotatable bonds is 9. The van der Waals surface area contributed by atoms with E-state index in [9.17, 15) is 9.59 Å². The molecule has 2 rings (SSSR count). The molecule has 0 aliphatic rings. The van der Waals surface area contributed by atoms with Crippen molar-refractivity contribution in [3.05, 3.63) is 47.5 Å². The predicted molar refractivity (Wildman–Crippen MR) is 92.1 cm³/mol. The maximum Gasteiger partial charge on any atom is 0.241 e. The van der Waals surface area contributed by atoms with Gasteiger partial charge in [0.05, 0.1) is 25.3 Å². The minimum atomic E-state index is -0.745. The fourth-order valence-corrected chi connectivity index (χ4v) is 2.28. The summed E-state index contributed by atoms with van der Waals surface area (Å²) in [6, 6.07) is 10.0. The van der Waals surface area contributed by atoms with Crippen LogP contribution in [0.15, 0.2) is 36.4 Å². The first-order valence-electron chi connectivity index (χ1n) is 7.76. The molecule has 2 aromatic carbocycles. The molecule has 6 heteroatoms. The highest BCUT2D eigenvalue weighted by Gasteiger charge is 2.20. The predicted octanol–water partition coefficient (Wildman–Crippen LogP) is 3.52. The van der Waals surface area contributed by atoms with Gasteiger partial charge in [-0.15, -0.1) is 0 Å². The number of hydrogen-bond donors (Lipinski definition) is 0. The molecule has 0 N–H and O–H groups in total. The van der Waals surface area contributed by atoms with Crippen LogP contribution < -0.4 is 18.9 Å².